The number of nitrogens with zero attached hydrogens (tertiary/aromatic N) is 2. The van der Waals surface area contributed by atoms with E-state index in [1.165, 1.54) is 0 Å². The normalized spacial score (nSPS) is 25.3. The SMILES string of the molecule is CC(=O)N1CCC[C@@H]1[C@H]1CCCN1C[C@@H](O)COc1ccccc1C. The molecule has 2 saturated heterocycles. The molecule has 0 unspecified atom stereocenters. The highest BCUT2D eigenvalue weighted by Gasteiger charge is 2.39. The average Bonchev–Trinajstić information content (AvgIpc) is 3.22. The van der Waals surface area contributed by atoms with Crippen LogP contribution in [0.3, 0.4) is 0 Å². The smallest absolute Gasteiger partial charge is 0.219 e. The Kier molecular flexibility index (Phi) is 5.97. The fourth-order valence-electron chi connectivity index (χ4n) is 4.33. The quantitative estimate of drug-likeness (QED) is 0.858. The largest absolute Gasteiger partial charge is 0.491 e. The van der Waals surface area contributed by atoms with Crippen molar-refractivity contribution < 1.29 is 14.6 Å². The molecular weight excluding hydrogens is 316 g/mol. The third-order valence-corrected chi connectivity index (χ3v) is 5.53. The molecule has 0 aliphatic carbocycles. The van der Waals surface area contributed by atoms with Gasteiger partial charge in [0.2, 0.25) is 5.91 Å². The van der Waals surface area contributed by atoms with E-state index in [1.54, 1.807) is 6.92 Å². The summed E-state index contributed by atoms with van der Waals surface area (Å²) in [5.41, 5.74) is 1.08. The van der Waals surface area contributed by atoms with Crippen molar-refractivity contribution in [3.8, 4) is 5.75 Å². The van der Waals surface area contributed by atoms with Crippen molar-refractivity contribution >= 4 is 5.91 Å². The summed E-state index contributed by atoms with van der Waals surface area (Å²) < 4.78 is 5.79. The Bertz CT molecular complexity index is 592. The van der Waals surface area contributed by atoms with Gasteiger partial charge in [0.1, 0.15) is 18.5 Å². The van der Waals surface area contributed by atoms with Crippen molar-refractivity contribution in [2.45, 2.75) is 57.7 Å². The molecule has 1 amide bonds. The summed E-state index contributed by atoms with van der Waals surface area (Å²) in [5.74, 6) is 1.01. The summed E-state index contributed by atoms with van der Waals surface area (Å²) in [7, 11) is 0. The minimum absolute atomic E-state index is 0.179. The molecule has 2 aliphatic heterocycles. The molecule has 1 aromatic rings. The third kappa shape index (κ3) is 4.33. The summed E-state index contributed by atoms with van der Waals surface area (Å²) in [6.45, 7) is 6.46. The maximum Gasteiger partial charge on any atom is 0.219 e. The van der Waals surface area contributed by atoms with Crippen molar-refractivity contribution in [1.82, 2.24) is 9.80 Å². The molecule has 0 bridgehead atoms. The van der Waals surface area contributed by atoms with Gasteiger partial charge in [-0.05, 0) is 50.8 Å². The van der Waals surface area contributed by atoms with Crippen LogP contribution in [-0.4, -0.2) is 65.2 Å². The lowest BCUT2D eigenvalue weighted by Crippen LogP contribution is -2.49. The first-order valence-electron chi connectivity index (χ1n) is 9.44. The fourth-order valence-corrected chi connectivity index (χ4v) is 4.33. The number of β-amino-alcohol motifs (C(OH)–C–C–N with tert-alkyl or cyclic N) is 1. The zero-order valence-electron chi connectivity index (χ0n) is 15.4. The Balaban J connectivity index is 1.54. The molecule has 2 aliphatic rings. The topological polar surface area (TPSA) is 53.0 Å². The Hall–Kier alpha value is -1.59. The molecule has 0 saturated carbocycles. The molecule has 0 radical (unpaired) electrons. The number of hydrogen-bond acceptors (Lipinski definition) is 4. The fraction of sp³-hybridized carbons (Fsp3) is 0.650. The van der Waals surface area contributed by atoms with Gasteiger partial charge in [-0.2, -0.15) is 0 Å². The molecule has 3 atom stereocenters. The van der Waals surface area contributed by atoms with Gasteiger partial charge in [0.05, 0.1) is 0 Å². The maximum atomic E-state index is 11.9. The highest BCUT2D eigenvalue weighted by Crippen LogP contribution is 2.30. The van der Waals surface area contributed by atoms with Gasteiger partial charge in [0.25, 0.3) is 0 Å². The molecular formula is C20H30N2O3. The zero-order valence-corrected chi connectivity index (χ0v) is 15.4. The van der Waals surface area contributed by atoms with Crippen LogP contribution in [0.15, 0.2) is 24.3 Å². The first-order chi connectivity index (χ1) is 12.1. The predicted molar refractivity (Wildman–Crippen MR) is 97.7 cm³/mol. The minimum Gasteiger partial charge on any atom is -0.491 e. The zero-order chi connectivity index (χ0) is 17.8. The van der Waals surface area contributed by atoms with Crippen LogP contribution in [-0.2, 0) is 4.79 Å². The van der Waals surface area contributed by atoms with E-state index in [9.17, 15) is 9.90 Å². The number of amides is 1. The first kappa shape index (κ1) is 18.2. The number of carbonyl (C=O) groups is 1. The summed E-state index contributed by atoms with van der Waals surface area (Å²) in [6, 6.07) is 8.56. The number of likely N-dealkylation sites (tertiary alicyclic amines) is 2. The van der Waals surface area contributed by atoms with Crippen molar-refractivity contribution in [2.24, 2.45) is 0 Å². The second-order valence-electron chi connectivity index (χ2n) is 7.36. The molecule has 5 heteroatoms. The molecule has 25 heavy (non-hydrogen) atoms. The van der Waals surface area contributed by atoms with Crippen LogP contribution in [0.25, 0.3) is 0 Å². The predicted octanol–water partition coefficient (Wildman–Crippen LogP) is 2.21. The number of hydrogen-bond donors (Lipinski definition) is 1. The van der Waals surface area contributed by atoms with Gasteiger partial charge in [-0.1, -0.05) is 18.2 Å². The number of para-hydroxylation sites is 1. The minimum atomic E-state index is -0.521. The van der Waals surface area contributed by atoms with Crippen LogP contribution in [0.4, 0.5) is 0 Å². The van der Waals surface area contributed by atoms with Gasteiger partial charge in [-0.15, -0.1) is 0 Å². The van der Waals surface area contributed by atoms with Crippen LogP contribution in [0.1, 0.15) is 38.2 Å². The monoisotopic (exact) mass is 346 g/mol. The summed E-state index contributed by atoms with van der Waals surface area (Å²) in [6.07, 6.45) is 3.90. The van der Waals surface area contributed by atoms with E-state index in [0.29, 0.717) is 25.2 Å². The molecule has 1 N–H and O–H groups in total. The van der Waals surface area contributed by atoms with Gasteiger partial charge in [0, 0.05) is 32.1 Å². The molecule has 0 spiro atoms. The highest BCUT2D eigenvalue weighted by atomic mass is 16.5. The molecule has 138 valence electrons. The van der Waals surface area contributed by atoms with E-state index in [-0.39, 0.29) is 5.91 Å². The molecule has 3 rings (SSSR count). The number of rotatable bonds is 6. The first-order valence-corrected chi connectivity index (χ1v) is 9.44. The number of ether oxygens (including phenoxy) is 1. The van der Waals surface area contributed by atoms with Gasteiger partial charge < -0.3 is 14.7 Å². The van der Waals surface area contributed by atoms with Crippen molar-refractivity contribution in [2.75, 3.05) is 26.2 Å². The Morgan fingerprint density at radius 2 is 1.96 bits per heavy atom. The van der Waals surface area contributed by atoms with E-state index in [1.807, 2.05) is 36.1 Å². The van der Waals surface area contributed by atoms with Crippen molar-refractivity contribution in [1.29, 1.82) is 0 Å². The molecule has 2 heterocycles. The van der Waals surface area contributed by atoms with Crippen molar-refractivity contribution in [3.63, 3.8) is 0 Å². The standard InChI is InChI=1S/C20H30N2O3/c1-15-7-3-4-10-20(15)25-14-17(24)13-21-11-5-8-18(21)19-9-6-12-22(19)16(2)23/h3-4,7,10,17-19,24H,5-6,8-9,11-14H2,1-2H3/t17-,18-,19-/m1/s1. The lowest BCUT2D eigenvalue weighted by molar-refractivity contribution is -0.130. The van der Waals surface area contributed by atoms with Crippen LogP contribution < -0.4 is 4.74 Å². The Labute approximate surface area is 150 Å². The lowest BCUT2D eigenvalue weighted by Gasteiger charge is -2.35. The number of benzene rings is 1. The Morgan fingerprint density at radius 3 is 2.72 bits per heavy atom. The van der Waals surface area contributed by atoms with Crippen LogP contribution >= 0.6 is 0 Å². The Morgan fingerprint density at radius 1 is 1.24 bits per heavy atom. The summed E-state index contributed by atoms with van der Waals surface area (Å²) in [5, 5.41) is 10.5. The van der Waals surface area contributed by atoms with Gasteiger partial charge in [0.15, 0.2) is 0 Å². The number of aryl methyl sites for hydroxylation is 1. The van der Waals surface area contributed by atoms with E-state index in [4.69, 9.17) is 4.74 Å². The summed E-state index contributed by atoms with van der Waals surface area (Å²) >= 11 is 0. The van der Waals surface area contributed by atoms with E-state index >= 15 is 0 Å². The van der Waals surface area contributed by atoms with Crippen LogP contribution in [0, 0.1) is 6.92 Å². The molecule has 1 aromatic carbocycles. The second kappa shape index (κ2) is 8.19. The van der Waals surface area contributed by atoms with Crippen LogP contribution in [0.2, 0.25) is 0 Å². The number of aliphatic hydroxyl groups is 1. The van der Waals surface area contributed by atoms with Crippen molar-refractivity contribution in [3.05, 3.63) is 29.8 Å². The number of carbonyl (C=O) groups excluding carboxylic acids is 1. The average molecular weight is 346 g/mol. The molecule has 5 nitrogen and oxygen atoms in total. The molecule has 2 fully saturated rings. The lowest BCUT2D eigenvalue weighted by atomic mass is 10.0. The van der Waals surface area contributed by atoms with Gasteiger partial charge >= 0.3 is 0 Å². The third-order valence-electron chi connectivity index (χ3n) is 5.53. The van der Waals surface area contributed by atoms with Gasteiger partial charge in [-0.3, -0.25) is 9.69 Å². The highest BCUT2D eigenvalue weighted by molar-refractivity contribution is 5.74. The maximum absolute atomic E-state index is 11.9. The van der Waals surface area contributed by atoms with Crippen LogP contribution in [0.5, 0.6) is 5.75 Å². The van der Waals surface area contributed by atoms with E-state index < -0.39 is 6.10 Å². The second-order valence-corrected chi connectivity index (χ2v) is 7.36. The summed E-state index contributed by atoms with van der Waals surface area (Å²) in [4.78, 5) is 16.3. The molecule has 0 aromatic heterocycles. The van der Waals surface area contributed by atoms with E-state index in [2.05, 4.69) is 4.90 Å². The van der Waals surface area contributed by atoms with E-state index in [0.717, 1.165) is 50.1 Å². The number of aliphatic hydroxyl groups excluding tert-OH is 1. The van der Waals surface area contributed by atoms with Gasteiger partial charge in [-0.25, -0.2) is 0 Å².